The summed E-state index contributed by atoms with van der Waals surface area (Å²) in [5.41, 5.74) is 0. The lowest BCUT2D eigenvalue weighted by Crippen LogP contribution is -2.41. The third-order valence-corrected chi connectivity index (χ3v) is 4.36. The molecule has 1 aliphatic carbocycles. The summed E-state index contributed by atoms with van der Waals surface area (Å²) in [6, 6.07) is 0. The van der Waals surface area contributed by atoms with E-state index in [0.29, 0.717) is 36.8 Å². The highest BCUT2D eigenvalue weighted by Crippen LogP contribution is 2.37. The summed E-state index contributed by atoms with van der Waals surface area (Å²) in [7, 11) is 0. The predicted octanol–water partition coefficient (Wildman–Crippen LogP) is 3.48. The van der Waals surface area contributed by atoms with E-state index in [0.717, 1.165) is 13.0 Å². The van der Waals surface area contributed by atoms with E-state index in [4.69, 9.17) is 4.74 Å². The average molecular weight is 283 g/mol. The van der Waals surface area contributed by atoms with Gasteiger partial charge >= 0.3 is 0 Å². The van der Waals surface area contributed by atoms with E-state index < -0.39 is 0 Å². The molecule has 0 radical (unpaired) electrons. The fourth-order valence-corrected chi connectivity index (χ4v) is 3.20. The molecule has 0 aliphatic heterocycles. The molecule has 0 spiro atoms. The second kappa shape index (κ2) is 8.66. The van der Waals surface area contributed by atoms with E-state index in [9.17, 15) is 4.79 Å². The molecule has 1 N–H and O–H groups in total. The second-order valence-corrected chi connectivity index (χ2v) is 7.19. The first-order valence-electron chi connectivity index (χ1n) is 8.27. The van der Waals surface area contributed by atoms with Crippen LogP contribution in [0, 0.1) is 29.6 Å². The summed E-state index contributed by atoms with van der Waals surface area (Å²) in [5.74, 6) is 2.80. The van der Waals surface area contributed by atoms with Gasteiger partial charge in [-0.15, -0.1) is 0 Å². The maximum Gasteiger partial charge on any atom is 0.223 e. The Balaban J connectivity index is 2.35. The smallest absolute Gasteiger partial charge is 0.223 e. The van der Waals surface area contributed by atoms with Crippen LogP contribution >= 0.6 is 0 Å². The highest BCUT2D eigenvalue weighted by atomic mass is 16.5. The van der Waals surface area contributed by atoms with Crippen LogP contribution < -0.4 is 5.32 Å². The van der Waals surface area contributed by atoms with Crippen molar-refractivity contribution in [1.29, 1.82) is 0 Å². The number of carbonyl (C=O) groups is 1. The van der Waals surface area contributed by atoms with Crippen molar-refractivity contribution >= 4 is 5.91 Å². The molecule has 3 heteroatoms. The minimum atomic E-state index is 0.198. The van der Waals surface area contributed by atoms with E-state index in [1.807, 2.05) is 0 Å². The van der Waals surface area contributed by atoms with Gasteiger partial charge in [-0.05, 0) is 36.5 Å². The maximum atomic E-state index is 12.4. The van der Waals surface area contributed by atoms with Gasteiger partial charge in [0.2, 0.25) is 5.91 Å². The van der Waals surface area contributed by atoms with Crippen molar-refractivity contribution < 1.29 is 9.53 Å². The van der Waals surface area contributed by atoms with Gasteiger partial charge < -0.3 is 10.1 Å². The molecule has 1 aliphatic rings. The van der Waals surface area contributed by atoms with E-state index in [1.165, 1.54) is 12.8 Å². The number of ether oxygens (including phenoxy) is 1. The minimum absolute atomic E-state index is 0.198. The topological polar surface area (TPSA) is 38.3 Å². The molecular formula is C17H33NO2. The molecule has 1 fully saturated rings. The predicted molar refractivity (Wildman–Crippen MR) is 83.5 cm³/mol. The lowest BCUT2D eigenvalue weighted by Gasteiger charge is -2.36. The maximum absolute atomic E-state index is 12.4. The van der Waals surface area contributed by atoms with Crippen LogP contribution in [0.15, 0.2) is 0 Å². The molecule has 1 saturated carbocycles. The summed E-state index contributed by atoms with van der Waals surface area (Å²) < 4.78 is 5.51. The average Bonchev–Trinajstić information content (AvgIpc) is 2.37. The van der Waals surface area contributed by atoms with Crippen LogP contribution in [-0.4, -0.2) is 25.7 Å². The van der Waals surface area contributed by atoms with Crippen LogP contribution in [0.25, 0.3) is 0 Å². The first-order chi connectivity index (χ1) is 9.41. The third-order valence-electron chi connectivity index (χ3n) is 4.36. The summed E-state index contributed by atoms with van der Waals surface area (Å²) in [4.78, 5) is 12.4. The van der Waals surface area contributed by atoms with Gasteiger partial charge in [-0.1, -0.05) is 41.0 Å². The van der Waals surface area contributed by atoms with E-state index in [-0.39, 0.29) is 11.8 Å². The number of amides is 1. The summed E-state index contributed by atoms with van der Waals surface area (Å²) >= 11 is 0. The normalized spacial score (nSPS) is 27.1. The van der Waals surface area contributed by atoms with Gasteiger partial charge in [0.15, 0.2) is 0 Å². The van der Waals surface area contributed by atoms with Gasteiger partial charge in [-0.2, -0.15) is 0 Å². The molecule has 0 aromatic rings. The van der Waals surface area contributed by atoms with E-state index in [1.54, 1.807) is 0 Å². The largest absolute Gasteiger partial charge is 0.379 e. The Bertz CT molecular complexity index is 289. The first-order valence-corrected chi connectivity index (χ1v) is 8.27. The molecule has 0 aromatic carbocycles. The van der Waals surface area contributed by atoms with Crippen molar-refractivity contribution in [3.8, 4) is 0 Å². The molecular weight excluding hydrogens is 250 g/mol. The van der Waals surface area contributed by atoms with Gasteiger partial charge in [0.1, 0.15) is 0 Å². The Morgan fingerprint density at radius 1 is 1.25 bits per heavy atom. The third kappa shape index (κ3) is 5.82. The van der Waals surface area contributed by atoms with Crippen LogP contribution in [0.3, 0.4) is 0 Å². The van der Waals surface area contributed by atoms with Crippen LogP contribution in [0.2, 0.25) is 0 Å². The number of rotatable bonds is 7. The number of hydrogen-bond acceptors (Lipinski definition) is 2. The zero-order valence-electron chi connectivity index (χ0n) is 13.9. The molecule has 3 unspecified atom stereocenters. The first kappa shape index (κ1) is 17.5. The molecule has 0 heterocycles. The standard InChI is InChI=1S/C17H33NO2/c1-12(2)11-20-9-8-18-17(19)16-10-14(5)6-7-15(16)13(3)4/h12-16H,6-11H2,1-5H3,(H,18,19). The molecule has 1 amide bonds. The van der Waals surface area contributed by atoms with Crippen LogP contribution in [0.5, 0.6) is 0 Å². The van der Waals surface area contributed by atoms with E-state index >= 15 is 0 Å². The van der Waals surface area contributed by atoms with Crippen LogP contribution in [-0.2, 0) is 9.53 Å². The lowest BCUT2D eigenvalue weighted by molar-refractivity contribution is -0.129. The SMILES string of the molecule is CC(C)COCCNC(=O)C1CC(C)CCC1C(C)C. The summed E-state index contributed by atoms with van der Waals surface area (Å²) in [6.07, 6.45) is 3.51. The fraction of sp³-hybridized carbons (Fsp3) is 0.941. The molecule has 0 bridgehead atoms. The minimum Gasteiger partial charge on any atom is -0.379 e. The molecule has 3 nitrogen and oxygen atoms in total. The second-order valence-electron chi connectivity index (χ2n) is 7.19. The number of hydrogen-bond donors (Lipinski definition) is 1. The highest BCUT2D eigenvalue weighted by molar-refractivity contribution is 5.79. The number of nitrogens with one attached hydrogen (secondary N) is 1. The van der Waals surface area contributed by atoms with Gasteiger partial charge in [-0.25, -0.2) is 0 Å². The Labute approximate surface area is 124 Å². The van der Waals surface area contributed by atoms with E-state index in [2.05, 4.69) is 39.9 Å². The Hall–Kier alpha value is -0.570. The Morgan fingerprint density at radius 3 is 2.55 bits per heavy atom. The van der Waals surface area contributed by atoms with Crippen molar-refractivity contribution in [2.75, 3.05) is 19.8 Å². The Kier molecular flexibility index (Phi) is 7.57. The van der Waals surface area contributed by atoms with Gasteiger partial charge in [-0.3, -0.25) is 4.79 Å². The molecule has 1 rings (SSSR count). The van der Waals surface area contributed by atoms with Crippen molar-refractivity contribution in [3.63, 3.8) is 0 Å². The quantitative estimate of drug-likeness (QED) is 0.726. The van der Waals surface area contributed by atoms with Gasteiger partial charge in [0.05, 0.1) is 6.61 Å². The molecule has 118 valence electrons. The lowest BCUT2D eigenvalue weighted by atomic mass is 9.70. The van der Waals surface area contributed by atoms with Crippen molar-refractivity contribution in [1.82, 2.24) is 5.32 Å². The van der Waals surface area contributed by atoms with Crippen molar-refractivity contribution in [3.05, 3.63) is 0 Å². The van der Waals surface area contributed by atoms with Crippen LogP contribution in [0.4, 0.5) is 0 Å². The fourth-order valence-electron chi connectivity index (χ4n) is 3.20. The van der Waals surface area contributed by atoms with Gasteiger partial charge in [0.25, 0.3) is 0 Å². The van der Waals surface area contributed by atoms with Crippen LogP contribution in [0.1, 0.15) is 53.9 Å². The van der Waals surface area contributed by atoms with Gasteiger partial charge in [0, 0.05) is 19.1 Å². The zero-order chi connectivity index (χ0) is 15.1. The molecule has 3 atom stereocenters. The molecule has 0 aromatic heterocycles. The Morgan fingerprint density at radius 2 is 1.95 bits per heavy atom. The van der Waals surface area contributed by atoms with Crippen molar-refractivity contribution in [2.24, 2.45) is 29.6 Å². The highest BCUT2D eigenvalue weighted by Gasteiger charge is 2.35. The molecule has 0 saturated heterocycles. The zero-order valence-corrected chi connectivity index (χ0v) is 13.9. The van der Waals surface area contributed by atoms with Crippen molar-refractivity contribution in [2.45, 2.75) is 53.9 Å². The molecule has 20 heavy (non-hydrogen) atoms. The summed E-state index contributed by atoms with van der Waals surface area (Å²) in [6.45, 7) is 13.1. The monoisotopic (exact) mass is 283 g/mol. The number of carbonyl (C=O) groups excluding carboxylic acids is 1. The summed E-state index contributed by atoms with van der Waals surface area (Å²) in [5, 5.41) is 3.07.